The summed E-state index contributed by atoms with van der Waals surface area (Å²) in [6.07, 6.45) is 1.62. The van der Waals surface area contributed by atoms with Gasteiger partial charge in [-0.25, -0.2) is 4.79 Å². The minimum absolute atomic E-state index is 0.125. The zero-order chi connectivity index (χ0) is 20.5. The number of methoxy groups -OCH3 is 1. The minimum Gasteiger partial charge on any atom is -0.467 e. The summed E-state index contributed by atoms with van der Waals surface area (Å²) in [6, 6.07) is 12.1. The summed E-state index contributed by atoms with van der Waals surface area (Å²) in [4.78, 5) is 19.2. The molecule has 1 aliphatic heterocycles. The summed E-state index contributed by atoms with van der Waals surface area (Å²) < 4.78 is 10.5. The Hall–Kier alpha value is -2.35. The Morgan fingerprint density at radius 3 is 2.52 bits per heavy atom. The number of nitrogens with one attached hydrogen (secondary N) is 1. The molecule has 0 bridgehead atoms. The molecule has 2 amide bonds. The molecule has 0 aliphatic carbocycles. The average molecular weight is 401 g/mol. The van der Waals surface area contributed by atoms with E-state index >= 15 is 0 Å². The lowest BCUT2D eigenvalue weighted by atomic mass is 10.1. The number of nitrogens with zero attached hydrogens (tertiary/aromatic N) is 3. The highest BCUT2D eigenvalue weighted by atomic mass is 16.5. The zero-order valence-corrected chi connectivity index (χ0v) is 17.5. The largest absolute Gasteiger partial charge is 0.467 e. The molecule has 2 aromatic rings. The highest BCUT2D eigenvalue weighted by Gasteiger charge is 2.16. The summed E-state index contributed by atoms with van der Waals surface area (Å²) in [7, 11) is 3.80. The van der Waals surface area contributed by atoms with E-state index in [1.165, 1.54) is 5.56 Å². The van der Waals surface area contributed by atoms with E-state index in [-0.39, 0.29) is 6.03 Å². The molecule has 1 aromatic carbocycles. The number of hydrogen-bond donors (Lipinski definition) is 1. The summed E-state index contributed by atoms with van der Waals surface area (Å²) >= 11 is 0. The van der Waals surface area contributed by atoms with Crippen molar-refractivity contribution in [1.82, 2.24) is 20.0 Å². The number of rotatable bonds is 9. The molecule has 1 fully saturated rings. The maximum atomic E-state index is 12.6. The van der Waals surface area contributed by atoms with Crippen molar-refractivity contribution in [2.45, 2.75) is 19.6 Å². The van der Waals surface area contributed by atoms with Gasteiger partial charge < -0.3 is 24.3 Å². The van der Waals surface area contributed by atoms with E-state index in [1.807, 2.05) is 12.1 Å². The molecule has 29 heavy (non-hydrogen) atoms. The van der Waals surface area contributed by atoms with Crippen LogP contribution < -0.4 is 5.32 Å². The van der Waals surface area contributed by atoms with E-state index in [4.69, 9.17) is 9.15 Å². The fourth-order valence-corrected chi connectivity index (χ4v) is 3.36. The van der Waals surface area contributed by atoms with Gasteiger partial charge in [0.1, 0.15) is 5.76 Å². The van der Waals surface area contributed by atoms with E-state index in [0.29, 0.717) is 26.2 Å². The summed E-state index contributed by atoms with van der Waals surface area (Å²) in [5.74, 6) is 0.754. The standard InChI is InChI=1S/C22H32N4O3/c1-24-9-11-25(12-10-24)17-20-7-5-19(6-8-20)16-23-22(27)26(13-15-28-2)18-21-4-3-14-29-21/h3-8,14H,9-13,15-18H2,1-2H3,(H,23,27). The number of piperazine rings is 1. The Morgan fingerprint density at radius 2 is 1.86 bits per heavy atom. The van der Waals surface area contributed by atoms with Crippen molar-refractivity contribution in [3.05, 3.63) is 59.5 Å². The number of ether oxygens (including phenoxy) is 1. The summed E-state index contributed by atoms with van der Waals surface area (Å²) in [5.41, 5.74) is 2.40. The van der Waals surface area contributed by atoms with Crippen molar-refractivity contribution in [3.8, 4) is 0 Å². The second-order valence-corrected chi connectivity index (χ2v) is 7.55. The topological polar surface area (TPSA) is 61.2 Å². The van der Waals surface area contributed by atoms with Crippen molar-refractivity contribution in [1.29, 1.82) is 0 Å². The highest BCUT2D eigenvalue weighted by molar-refractivity contribution is 5.74. The third-order valence-electron chi connectivity index (χ3n) is 5.25. The van der Waals surface area contributed by atoms with Gasteiger partial charge in [-0.3, -0.25) is 4.90 Å². The lowest BCUT2D eigenvalue weighted by Crippen LogP contribution is -2.43. The predicted octanol–water partition coefficient (Wildman–Crippen LogP) is 2.39. The van der Waals surface area contributed by atoms with Crippen LogP contribution in [-0.2, 0) is 24.4 Å². The molecule has 7 nitrogen and oxygen atoms in total. The van der Waals surface area contributed by atoms with Crippen molar-refractivity contribution >= 4 is 6.03 Å². The second kappa shape index (κ2) is 11.0. The summed E-state index contributed by atoms with van der Waals surface area (Å²) in [6.45, 7) is 7.36. The first-order valence-corrected chi connectivity index (χ1v) is 10.2. The monoisotopic (exact) mass is 400 g/mol. The molecule has 1 aromatic heterocycles. The first-order chi connectivity index (χ1) is 14.1. The van der Waals surface area contributed by atoms with Crippen LogP contribution in [0, 0.1) is 0 Å². The van der Waals surface area contributed by atoms with E-state index in [0.717, 1.165) is 44.0 Å². The molecule has 0 spiro atoms. The van der Waals surface area contributed by atoms with E-state index in [1.54, 1.807) is 18.3 Å². The van der Waals surface area contributed by atoms with Gasteiger partial charge in [-0.05, 0) is 30.3 Å². The quantitative estimate of drug-likeness (QED) is 0.700. The van der Waals surface area contributed by atoms with Crippen molar-refractivity contribution in [3.63, 3.8) is 0 Å². The van der Waals surface area contributed by atoms with Gasteiger partial charge in [-0.1, -0.05) is 24.3 Å². The highest BCUT2D eigenvalue weighted by Crippen LogP contribution is 2.10. The van der Waals surface area contributed by atoms with Gasteiger partial charge in [0.25, 0.3) is 0 Å². The van der Waals surface area contributed by atoms with Gasteiger partial charge in [-0.15, -0.1) is 0 Å². The smallest absolute Gasteiger partial charge is 0.318 e. The first-order valence-electron chi connectivity index (χ1n) is 10.2. The maximum Gasteiger partial charge on any atom is 0.318 e. The Morgan fingerprint density at radius 1 is 1.14 bits per heavy atom. The molecule has 7 heteroatoms. The predicted molar refractivity (Wildman–Crippen MR) is 112 cm³/mol. The lowest BCUT2D eigenvalue weighted by Gasteiger charge is -2.32. The second-order valence-electron chi connectivity index (χ2n) is 7.55. The van der Waals surface area contributed by atoms with Crippen LogP contribution in [0.15, 0.2) is 47.1 Å². The number of benzene rings is 1. The van der Waals surface area contributed by atoms with Crippen LogP contribution in [0.2, 0.25) is 0 Å². The molecule has 158 valence electrons. The van der Waals surface area contributed by atoms with Crippen molar-refractivity contribution < 1.29 is 13.9 Å². The molecular formula is C22H32N4O3. The minimum atomic E-state index is -0.125. The van der Waals surface area contributed by atoms with Crippen molar-refractivity contribution in [2.75, 3.05) is 53.5 Å². The fourth-order valence-electron chi connectivity index (χ4n) is 3.36. The normalized spacial score (nSPS) is 15.4. The third kappa shape index (κ3) is 6.88. The van der Waals surface area contributed by atoms with Gasteiger partial charge in [0, 0.05) is 52.9 Å². The lowest BCUT2D eigenvalue weighted by molar-refractivity contribution is 0.142. The van der Waals surface area contributed by atoms with E-state index in [9.17, 15) is 4.79 Å². The molecule has 0 unspecified atom stereocenters. The van der Waals surface area contributed by atoms with Crippen LogP contribution in [0.4, 0.5) is 4.79 Å². The van der Waals surface area contributed by atoms with Crippen LogP contribution in [0.3, 0.4) is 0 Å². The molecule has 1 N–H and O–H groups in total. The molecule has 3 rings (SSSR count). The van der Waals surface area contributed by atoms with Gasteiger partial charge >= 0.3 is 6.03 Å². The van der Waals surface area contributed by atoms with Crippen molar-refractivity contribution in [2.24, 2.45) is 0 Å². The van der Waals surface area contributed by atoms with Gasteiger partial charge in [0.2, 0.25) is 0 Å². The van der Waals surface area contributed by atoms with E-state index < -0.39 is 0 Å². The number of carbonyl (C=O) groups is 1. The van der Waals surface area contributed by atoms with Gasteiger partial charge in [0.05, 0.1) is 19.4 Å². The Kier molecular flexibility index (Phi) is 8.10. The van der Waals surface area contributed by atoms with Crippen LogP contribution in [0.25, 0.3) is 0 Å². The van der Waals surface area contributed by atoms with Crippen LogP contribution in [0.1, 0.15) is 16.9 Å². The average Bonchev–Trinajstić information content (AvgIpc) is 3.25. The molecule has 0 saturated carbocycles. The Labute approximate surface area is 173 Å². The Bertz CT molecular complexity index is 725. The van der Waals surface area contributed by atoms with Gasteiger partial charge in [0.15, 0.2) is 0 Å². The number of hydrogen-bond acceptors (Lipinski definition) is 5. The number of likely N-dealkylation sites (N-methyl/N-ethyl adjacent to an activating group) is 1. The molecule has 0 radical (unpaired) electrons. The molecular weight excluding hydrogens is 368 g/mol. The SMILES string of the molecule is COCCN(Cc1ccco1)C(=O)NCc1ccc(CN2CCN(C)CC2)cc1. The summed E-state index contributed by atoms with van der Waals surface area (Å²) in [5, 5.41) is 3.00. The van der Waals surface area contributed by atoms with Gasteiger partial charge in [-0.2, -0.15) is 0 Å². The van der Waals surface area contributed by atoms with E-state index in [2.05, 4.69) is 46.4 Å². The Balaban J connectivity index is 1.47. The molecule has 2 heterocycles. The molecule has 0 atom stereocenters. The van der Waals surface area contributed by atoms with Crippen LogP contribution >= 0.6 is 0 Å². The first kappa shape index (κ1) is 21.4. The number of urea groups is 1. The van der Waals surface area contributed by atoms with Crippen LogP contribution in [-0.4, -0.2) is 74.2 Å². The molecule has 1 saturated heterocycles. The molecule has 1 aliphatic rings. The third-order valence-corrected chi connectivity index (χ3v) is 5.25. The van der Waals surface area contributed by atoms with Crippen LogP contribution in [0.5, 0.6) is 0 Å². The number of carbonyl (C=O) groups excluding carboxylic acids is 1. The fraction of sp³-hybridized carbons (Fsp3) is 0.500. The number of amides is 2. The maximum absolute atomic E-state index is 12.6. The zero-order valence-electron chi connectivity index (χ0n) is 17.5. The number of furan rings is 1.